The van der Waals surface area contributed by atoms with Gasteiger partial charge < -0.3 is 0 Å². The molecule has 74 valence electrons. The van der Waals surface area contributed by atoms with Crippen molar-refractivity contribution in [3.63, 3.8) is 0 Å². The summed E-state index contributed by atoms with van der Waals surface area (Å²) in [5, 5.41) is 0. The first-order valence-electron chi connectivity index (χ1n) is 4.91. The minimum atomic E-state index is 0.767. The Hall–Kier alpha value is -1.47. The van der Waals surface area contributed by atoms with Gasteiger partial charge in [-0.25, -0.2) is 0 Å². The molecule has 0 amide bonds. The smallest absolute Gasteiger partial charge is 0.146 e. The van der Waals surface area contributed by atoms with Crippen LogP contribution in [-0.4, -0.2) is 6.29 Å². The number of carbonyl (C=O) groups excluding carboxylic acids is 1. The maximum Gasteiger partial charge on any atom is 0.146 e. The van der Waals surface area contributed by atoms with Gasteiger partial charge in [-0.1, -0.05) is 31.6 Å². The van der Waals surface area contributed by atoms with Crippen LogP contribution in [0.1, 0.15) is 39.5 Å². The van der Waals surface area contributed by atoms with E-state index in [0.29, 0.717) is 0 Å². The van der Waals surface area contributed by atoms with Gasteiger partial charge in [-0.2, -0.15) is 0 Å². The molecule has 0 unspecified atom stereocenters. The molecule has 0 aromatic rings. The quantitative estimate of drug-likeness (QED) is 0.280. The topological polar surface area (TPSA) is 17.1 Å². The highest BCUT2D eigenvalue weighted by atomic mass is 16.1. The monoisotopic (exact) mass is 188 g/mol. The number of allylic oxidation sites excluding steroid dienone is 2. The molecule has 0 spiro atoms. The number of aldehydes is 1. The van der Waals surface area contributed by atoms with Gasteiger partial charge in [-0.05, 0) is 37.7 Å². The summed E-state index contributed by atoms with van der Waals surface area (Å²) >= 11 is 0. The van der Waals surface area contributed by atoms with Crippen LogP contribution >= 0.6 is 0 Å². The molecule has 1 nitrogen and oxygen atoms in total. The van der Waals surface area contributed by atoms with Gasteiger partial charge in [0.1, 0.15) is 6.29 Å². The second-order valence-electron chi connectivity index (χ2n) is 2.94. The summed E-state index contributed by atoms with van der Waals surface area (Å²) in [6, 6.07) is 0. The van der Waals surface area contributed by atoms with Crippen molar-refractivity contribution in [3.05, 3.63) is 11.6 Å². The summed E-state index contributed by atoms with van der Waals surface area (Å²) in [4.78, 5) is 10.6. The number of hydrogen-bond acceptors (Lipinski definition) is 1. The average Bonchev–Trinajstić information content (AvgIpc) is 2.22. The van der Waals surface area contributed by atoms with Crippen LogP contribution in [-0.2, 0) is 4.79 Å². The normalized spacial score (nSPS) is 9.43. The Morgan fingerprint density at radius 2 is 2.07 bits per heavy atom. The molecule has 0 saturated heterocycles. The Bertz CT molecular complexity index is 302. The second-order valence-corrected chi connectivity index (χ2v) is 2.94. The van der Waals surface area contributed by atoms with E-state index in [4.69, 9.17) is 0 Å². The molecule has 0 aromatic heterocycles. The molecular weight excluding hydrogens is 172 g/mol. The molecule has 0 rings (SSSR count). The van der Waals surface area contributed by atoms with Crippen molar-refractivity contribution >= 4 is 6.29 Å². The summed E-state index contributed by atoms with van der Waals surface area (Å²) in [6.07, 6.45) is 6.75. The van der Waals surface area contributed by atoms with E-state index in [0.717, 1.165) is 31.1 Å². The largest absolute Gasteiger partial charge is 0.298 e. The van der Waals surface area contributed by atoms with Crippen LogP contribution in [0.2, 0.25) is 0 Å². The van der Waals surface area contributed by atoms with Crippen LogP contribution in [0.4, 0.5) is 0 Å². The molecule has 0 saturated carbocycles. The number of carbonyl (C=O) groups is 1. The highest BCUT2D eigenvalue weighted by Gasteiger charge is 1.93. The minimum Gasteiger partial charge on any atom is -0.298 e. The molecule has 1 heteroatoms. The van der Waals surface area contributed by atoms with E-state index < -0.39 is 0 Å². The molecule has 0 aromatic carbocycles. The predicted molar refractivity (Wildman–Crippen MR) is 59.5 cm³/mol. The van der Waals surface area contributed by atoms with E-state index >= 15 is 0 Å². The lowest BCUT2D eigenvalue weighted by molar-refractivity contribution is -0.105. The Morgan fingerprint density at radius 1 is 1.29 bits per heavy atom. The maximum atomic E-state index is 10.6. The molecule has 0 atom stereocenters. The van der Waals surface area contributed by atoms with Gasteiger partial charge in [0.25, 0.3) is 0 Å². The van der Waals surface area contributed by atoms with E-state index in [-0.39, 0.29) is 0 Å². The summed E-state index contributed by atoms with van der Waals surface area (Å²) in [6.45, 7) is 3.88. The lowest BCUT2D eigenvalue weighted by atomic mass is 10.1. The standard InChI is InChI=1S/C13H16O/c1-3-5-7-9-11-13(12-14)10-8-6-4-2/h11-12H,4,6,8,10H2,1-2H3. The van der Waals surface area contributed by atoms with E-state index in [9.17, 15) is 4.79 Å². The minimum absolute atomic E-state index is 0.767. The molecule has 14 heavy (non-hydrogen) atoms. The SMILES string of the molecule is CC#CC#CC=C(C=O)CCCCC. The molecule has 0 heterocycles. The third-order valence-corrected chi connectivity index (χ3v) is 1.74. The predicted octanol–water partition coefficient (Wildman–Crippen LogP) is 2.72. The molecule has 0 aliphatic carbocycles. The fourth-order valence-corrected chi connectivity index (χ4v) is 0.972. The third-order valence-electron chi connectivity index (χ3n) is 1.74. The van der Waals surface area contributed by atoms with Crippen molar-refractivity contribution in [1.82, 2.24) is 0 Å². The van der Waals surface area contributed by atoms with Crippen molar-refractivity contribution in [2.24, 2.45) is 0 Å². The second kappa shape index (κ2) is 9.62. The van der Waals surface area contributed by atoms with Gasteiger partial charge in [0.15, 0.2) is 0 Å². The fraction of sp³-hybridized carbons (Fsp3) is 0.462. The van der Waals surface area contributed by atoms with Gasteiger partial charge in [-0.15, -0.1) is 0 Å². The van der Waals surface area contributed by atoms with Crippen molar-refractivity contribution in [2.75, 3.05) is 0 Å². The fourth-order valence-electron chi connectivity index (χ4n) is 0.972. The molecular formula is C13H16O. The average molecular weight is 188 g/mol. The third kappa shape index (κ3) is 7.19. The first-order chi connectivity index (χ1) is 6.85. The molecule has 0 aliphatic rings. The van der Waals surface area contributed by atoms with Gasteiger partial charge in [0.2, 0.25) is 0 Å². The zero-order valence-electron chi connectivity index (χ0n) is 8.89. The van der Waals surface area contributed by atoms with Crippen LogP contribution in [0.25, 0.3) is 0 Å². The first-order valence-corrected chi connectivity index (χ1v) is 4.91. The summed E-state index contributed by atoms with van der Waals surface area (Å²) in [5.74, 6) is 10.7. The van der Waals surface area contributed by atoms with E-state index in [1.54, 1.807) is 13.0 Å². The molecule has 0 N–H and O–H groups in total. The van der Waals surface area contributed by atoms with Crippen LogP contribution in [0.5, 0.6) is 0 Å². The molecule has 0 aliphatic heterocycles. The van der Waals surface area contributed by atoms with Crippen LogP contribution < -0.4 is 0 Å². The van der Waals surface area contributed by atoms with Gasteiger partial charge in [-0.3, -0.25) is 4.79 Å². The lowest BCUT2D eigenvalue weighted by Gasteiger charge is -1.95. The first kappa shape index (κ1) is 12.5. The van der Waals surface area contributed by atoms with Crippen molar-refractivity contribution in [3.8, 4) is 23.7 Å². The Morgan fingerprint density at radius 3 is 2.64 bits per heavy atom. The Kier molecular flexibility index (Phi) is 8.61. The highest BCUT2D eigenvalue weighted by molar-refractivity contribution is 5.74. The zero-order chi connectivity index (χ0) is 10.6. The lowest BCUT2D eigenvalue weighted by Crippen LogP contribution is -1.84. The molecule has 0 fully saturated rings. The zero-order valence-corrected chi connectivity index (χ0v) is 8.89. The number of unbranched alkanes of at least 4 members (excludes halogenated alkanes) is 2. The summed E-state index contributed by atoms with van der Waals surface area (Å²) < 4.78 is 0. The summed E-state index contributed by atoms with van der Waals surface area (Å²) in [5.41, 5.74) is 0.767. The number of hydrogen-bond donors (Lipinski definition) is 0. The van der Waals surface area contributed by atoms with Gasteiger partial charge in [0, 0.05) is 5.57 Å². The maximum absolute atomic E-state index is 10.6. The van der Waals surface area contributed by atoms with Crippen LogP contribution in [0, 0.1) is 23.7 Å². The van der Waals surface area contributed by atoms with E-state index in [1.807, 2.05) is 0 Å². The molecule has 0 radical (unpaired) electrons. The van der Waals surface area contributed by atoms with Crippen molar-refractivity contribution in [1.29, 1.82) is 0 Å². The molecule has 0 bridgehead atoms. The van der Waals surface area contributed by atoms with Crippen LogP contribution in [0.3, 0.4) is 0 Å². The van der Waals surface area contributed by atoms with Crippen molar-refractivity contribution in [2.45, 2.75) is 39.5 Å². The van der Waals surface area contributed by atoms with Crippen molar-refractivity contribution < 1.29 is 4.79 Å². The summed E-state index contributed by atoms with van der Waals surface area (Å²) in [7, 11) is 0. The van der Waals surface area contributed by atoms with Gasteiger partial charge in [0.05, 0.1) is 0 Å². The van der Waals surface area contributed by atoms with E-state index in [1.165, 1.54) is 6.42 Å². The Balaban J connectivity index is 4.05. The van der Waals surface area contributed by atoms with Crippen LogP contribution in [0.15, 0.2) is 11.6 Å². The number of rotatable bonds is 5. The van der Waals surface area contributed by atoms with Gasteiger partial charge >= 0.3 is 0 Å². The Labute approximate surface area is 86.6 Å². The highest BCUT2D eigenvalue weighted by Crippen LogP contribution is 2.05. The van der Waals surface area contributed by atoms with E-state index in [2.05, 4.69) is 30.6 Å².